The van der Waals surface area contributed by atoms with Crippen LogP contribution in [0.5, 0.6) is 5.75 Å². The molecule has 0 aromatic heterocycles. The maximum atomic E-state index is 11.0. The average molecular weight is 282 g/mol. The highest BCUT2D eigenvalue weighted by Gasteiger charge is 2.35. The summed E-state index contributed by atoms with van der Waals surface area (Å²) in [7, 11) is 0. The quantitative estimate of drug-likeness (QED) is 0.669. The van der Waals surface area contributed by atoms with Gasteiger partial charge in [0.2, 0.25) is 0 Å². The van der Waals surface area contributed by atoms with Gasteiger partial charge in [-0.2, -0.15) is 5.26 Å². The van der Waals surface area contributed by atoms with Gasteiger partial charge >= 0.3 is 5.97 Å². The molecule has 1 aromatic rings. The first kappa shape index (κ1) is 14.2. The molecule has 1 aliphatic carbocycles. The monoisotopic (exact) mass is 282 g/mol. The van der Waals surface area contributed by atoms with Gasteiger partial charge < -0.3 is 14.6 Å². The van der Waals surface area contributed by atoms with E-state index in [2.05, 4.69) is 0 Å². The van der Waals surface area contributed by atoms with E-state index in [4.69, 9.17) is 25.1 Å². The first-order chi connectivity index (χ1) is 10.1. The number of nitriles is 2. The van der Waals surface area contributed by atoms with Crippen LogP contribution in [0.3, 0.4) is 0 Å². The molecule has 6 nitrogen and oxygen atoms in total. The topological polar surface area (TPSA) is 103 Å². The Morgan fingerprint density at radius 3 is 2.43 bits per heavy atom. The van der Waals surface area contributed by atoms with E-state index in [1.165, 1.54) is 24.3 Å². The van der Waals surface area contributed by atoms with Gasteiger partial charge in [-0.05, 0) is 18.2 Å². The first-order valence-electron chi connectivity index (χ1n) is 5.97. The Labute approximate surface area is 120 Å². The Morgan fingerprint density at radius 2 is 1.86 bits per heavy atom. The number of rotatable bonds is 4. The van der Waals surface area contributed by atoms with E-state index in [9.17, 15) is 4.79 Å². The number of carbonyl (C=O) groups is 1. The van der Waals surface area contributed by atoms with Crippen molar-refractivity contribution in [3.8, 4) is 18.3 Å². The Balaban J connectivity index is 2.49. The van der Waals surface area contributed by atoms with E-state index in [0.29, 0.717) is 5.56 Å². The third-order valence-corrected chi connectivity index (χ3v) is 3.07. The Morgan fingerprint density at radius 1 is 1.19 bits per heavy atom. The largest absolute Gasteiger partial charge is 0.481 e. The normalized spacial score (nSPS) is 22.9. The fourth-order valence-electron chi connectivity index (χ4n) is 2.08. The van der Waals surface area contributed by atoms with Gasteiger partial charge in [-0.3, -0.25) is 4.79 Å². The van der Waals surface area contributed by atoms with Crippen LogP contribution in [0.1, 0.15) is 5.56 Å². The van der Waals surface area contributed by atoms with Crippen LogP contribution < -0.4 is 4.74 Å². The smallest absolute Gasteiger partial charge is 0.314 e. The molecule has 1 N–H and O–H groups in total. The Hall–Kier alpha value is -3.25. The second kappa shape index (κ2) is 5.81. The predicted molar refractivity (Wildman–Crippen MR) is 70.5 cm³/mol. The van der Waals surface area contributed by atoms with E-state index >= 15 is 0 Å². The average Bonchev–Trinajstić information content (AvgIpc) is 2.49. The number of benzene rings is 1. The number of carboxylic acids is 1. The number of hydrogen-bond donors (Lipinski definition) is 1. The molecule has 0 atom stereocenters. The van der Waals surface area contributed by atoms with Gasteiger partial charge in [0.1, 0.15) is 5.75 Å². The molecular weight excluding hydrogens is 272 g/mol. The van der Waals surface area contributed by atoms with E-state index < -0.39 is 17.5 Å². The van der Waals surface area contributed by atoms with E-state index in [-0.39, 0.29) is 5.75 Å². The third-order valence-electron chi connectivity index (χ3n) is 3.07. The molecule has 1 aliphatic rings. The fraction of sp³-hybridized carbons (Fsp3) is 0.133. The standard InChI is InChI=1S/C15H10N2O4/c16-9-20-13-4-2-1-3-12(13)15(21-10-17)7-5-11(6-8-15)14(18)19/h1-8,11H,(H,18,19). The van der Waals surface area contributed by atoms with Crippen molar-refractivity contribution in [2.45, 2.75) is 5.60 Å². The van der Waals surface area contributed by atoms with Gasteiger partial charge in [0.15, 0.2) is 5.60 Å². The van der Waals surface area contributed by atoms with Crippen LogP contribution in [0.15, 0.2) is 48.6 Å². The van der Waals surface area contributed by atoms with Gasteiger partial charge in [-0.25, -0.2) is 0 Å². The van der Waals surface area contributed by atoms with Crippen molar-refractivity contribution in [1.29, 1.82) is 10.5 Å². The zero-order chi connectivity index (χ0) is 15.3. The highest BCUT2D eigenvalue weighted by molar-refractivity contribution is 5.75. The SMILES string of the molecule is N#COc1ccccc1C1(OC#N)C=CC(C(=O)O)C=C1. The molecular formula is C15H10N2O4. The van der Waals surface area contributed by atoms with E-state index in [1.54, 1.807) is 36.8 Å². The third kappa shape index (κ3) is 2.70. The van der Waals surface area contributed by atoms with Crippen LogP contribution >= 0.6 is 0 Å². The lowest BCUT2D eigenvalue weighted by molar-refractivity contribution is -0.138. The van der Waals surface area contributed by atoms with Crippen LogP contribution in [0.4, 0.5) is 0 Å². The second-order valence-corrected chi connectivity index (χ2v) is 4.26. The van der Waals surface area contributed by atoms with Gasteiger partial charge in [-0.1, -0.05) is 30.4 Å². The summed E-state index contributed by atoms with van der Waals surface area (Å²) in [6, 6.07) is 6.57. The van der Waals surface area contributed by atoms with Gasteiger partial charge in [0.25, 0.3) is 12.5 Å². The van der Waals surface area contributed by atoms with Crippen molar-refractivity contribution in [1.82, 2.24) is 0 Å². The summed E-state index contributed by atoms with van der Waals surface area (Å²) < 4.78 is 9.99. The summed E-state index contributed by atoms with van der Waals surface area (Å²) in [5, 5.41) is 26.5. The number of carboxylic acid groups (broad SMARTS) is 1. The van der Waals surface area contributed by atoms with Crippen LogP contribution in [-0.2, 0) is 15.1 Å². The maximum Gasteiger partial charge on any atom is 0.314 e. The minimum atomic E-state index is -1.28. The molecule has 0 heterocycles. The molecule has 0 bridgehead atoms. The fourth-order valence-corrected chi connectivity index (χ4v) is 2.08. The molecule has 21 heavy (non-hydrogen) atoms. The summed E-state index contributed by atoms with van der Waals surface area (Å²) in [4.78, 5) is 11.0. The van der Waals surface area contributed by atoms with Crippen molar-refractivity contribution in [2.24, 2.45) is 5.92 Å². The van der Waals surface area contributed by atoms with E-state index in [1.807, 2.05) is 0 Å². The number of hydrogen-bond acceptors (Lipinski definition) is 5. The number of aliphatic carboxylic acids is 1. The molecule has 2 rings (SSSR count). The van der Waals surface area contributed by atoms with Crippen LogP contribution in [-0.4, -0.2) is 11.1 Å². The molecule has 0 saturated carbocycles. The van der Waals surface area contributed by atoms with Gasteiger partial charge in [0.05, 0.1) is 5.92 Å². The van der Waals surface area contributed by atoms with E-state index in [0.717, 1.165) is 0 Å². The van der Waals surface area contributed by atoms with Crippen LogP contribution in [0, 0.1) is 29.0 Å². The maximum absolute atomic E-state index is 11.0. The van der Waals surface area contributed by atoms with Crippen molar-refractivity contribution in [3.05, 3.63) is 54.1 Å². The Kier molecular flexibility index (Phi) is 3.92. The minimum absolute atomic E-state index is 0.235. The highest BCUT2D eigenvalue weighted by atomic mass is 16.5. The van der Waals surface area contributed by atoms with Crippen molar-refractivity contribution in [2.75, 3.05) is 0 Å². The number of ether oxygens (including phenoxy) is 2. The summed E-state index contributed by atoms with van der Waals surface area (Å²) >= 11 is 0. The first-order valence-corrected chi connectivity index (χ1v) is 5.97. The Bertz CT molecular complexity index is 680. The predicted octanol–water partition coefficient (Wildman–Crippen LogP) is 2.07. The number of nitrogens with zero attached hydrogens (tertiary/aromatic N) is 2. The molecule has 0 radical (unpaired) electrons. The molecule has 0 spiro atoms. The molecule has 1 aromatic carbocycles. The molecule has 0 unspecified atom stereocenters. The number of para-hydroxylation sites is 1. The molecule has 6 heteroatoms. The van der Waals surface area contributed by atoms with Crippen LogP contribution in [0.2, 0.25) is 0 Å². The molecule has 0 aliphatic heterocycles. The highest BCUT2D eigenvalue weighted by Crippen LogP contribution is 2.38. The van der Waals surface area contributed by atoms with Crippen molar-refractivity contribution >= 4 is 5.97 Å². The van der Waals surface area contributed by atoms with Crippen molar-refractivity contribution in [3.63, 3.8) is 0 Å². The second-order valence-electron chi connectivity index (χ2n) is 4.26. The lowest BCUT2D eigenvalue weighted by Crippen LogP contribution is -2.27. The van der Waals surface area contributed by atoms with Crippen LogP contribution in [0.25, 0.3) is 0 Å². The zero-order valence-corrected chi connectivity index (χ0v) is 10.8. The molecule has 0 amide bonds. The summed E-state index contributed by atoms with van der Waals surface area (Å²) in [6.07, 6.45) is 8.94. The van der Waals surface area contributed by atoms with Gasteiger partial charge in [-0.15, -0.1) is 5.26 Å². The summed E-state index contributed by atoms with van der Waals surface area (Å²) in [6.45, 7) is 0. The van der Waals surface area contributed by atoms with Crippen molar-refractivity contribution < 1.29 is 19.4 Å². The molecule has 0 fully saturated rings. The molecule has 0 saturated heterocycles. The zero-order valence-electron chi connectivity index (χ0n) is 10.8. The summed E-state index contributed by atoms with van der Waals surface area (Å²) in [5.41, 5.74) is -0.849. The summed E-state index contributed by atoms with van der Waals surface area (Å²) in [5.74, 6) is -1.56. The minimum Gasteiger partial charge on any atom is -0.481 e. The lowest BCUT2D eigenvalue weighted by atomic mass is 9.86. The van der Waals surface area contributed by atoms with Gasteiger partial charge in [0, 0.05) is 5.56 Å². The lowest BCUT2D eigenvalue weighted by Gasteiger charge is -2.28. The molecule has 104 valence electrons.